The van der Waals surface area contributed by atoms with Crippen molar-refractivity contribution in [1.82, 2.24) is 0 Å². The van der Waals surface area contributed by atoms with Crippen molar-refractivity contribution < 1.29 is 14.6 Å². The summed E-state index contributed by atoms with van der Waals surface area (Å²) >= 11 is 0. The van der Waals surface area contributed by atoms with E-state index in [0.29, 0.717) is 18.3 Å². The van der Waals surface area contributed by atoms with Crippen LogP contribution in [0.4, 0.5) is 0 Å². The fourth-order valence-electron chi connectivity index (χ4n) is 7.51. The van der Waals surface area contributed by atoms with Crippen LogP contribution < -0.4 is 4.74 Å². The molecule has 0 spiro atoms. The van der Waals surface area contributed by atoms with E-state index in [-0.39, 0.29) is 28.6 Å². The molecule has 4 aliphatic rings. The number of carbonyl (C=O) groups excluding carboxylic acids is 1. The van der Waals surface area contributed by atoms with Gasteiger partial charge in [-0.25, -0.2) is 0 Å². The lowest BCUT2D eigenvalue weighted by molar-refractivity contribution is -0.114. The Kier molecular flexibility index (Phi) is 6.27. The van der Waals surface area contributed by atoms with E-state index in [1.165, 1.54) is 16.7 Å². The molecule has 1 aromatic rings. The van der Waals surface area contributed by atoms with Gasteiger partial charge in [0.1, 0.15) is 11.4 Å². The molecule has 36 heavy (non-hydrogen) atoms. The molecule has 3 nitrogen and oxygen atoms in total. The first-order valence-electron chi connectivity index (χ1n) is 13.9. The smallest absolute Gasteiger partial charge is 0.156 e. The van der Waals surface area contributed by atoms with Gasteiger partial charge < -0.3 is 9.84 Å². The van der Waals surface area contributed by atoms with Crippen LogP contribution in [0.5, 0.6) is 5.75 Å². The minimum atomic E-state index is -0.973. The molecule has 2 saturated carbocycles. The molecule has 0 bridgehead atoms. The zero-order chi connectivity index (χ0) is 25.9. The number of rotatable bonds is 3. The van der Waals surface area contributed by atoms with Gasteiger partial charge in [0.05, 0.1) is 6.10 Å². The lowest BCUT2D eigenvalue weighted by Gasteiger charge is -2.53. The third kappa shape index (κ3) is 4.37. The van der Waals surface area contributed by atoms with Gasteiger partial charge in [-0.1, -0.05) is 36.5 Å². The Morgan fingerprint density at radius 2 is 1.81 bits per heavy atom. The Bertz CT molecular complexity index is 1170. The molecule has 1 N–H and O–H groups in total. The summed E-state index contributed by atoms with van der Waals surface area (Å²) < 4.78 is 5.93. The lowest BCUT2D eigenvalue weighted by Crippen LogP contribution is -2.51. The zero-order valence-electron chi connectivity index (χ0n) is 22.9. The van der Waals surface area contributed by atoms with Gasteiger partial charge in [0.25, 0.3) is 0 Å². The zero-order valence-corrected chi connectivity index (χ0v) is 22.9. The molecule has 192 valence electrons. The number of aliphatic hydroxyl groups is 1. The molecule has 0 radical (unpaired) electrons. The molecular weight excluding hydrogens is 444 g/mol. The van der Waals surface area contributed by atoms with Crippen molar-refractivity contribution in [3.63, 3.8) is 0 Å². The quantitative estimate of drug-likeness (QED) is 0.461. The van der Waals surface area contributed by atoms with Crippen molar-refractivity contribution in [3.05, 3.63) is 52.6 Å². The van der Waals surface area contributed by atoms with Gasteiger partial charge in [-0.2, -0.15) is 0 Å². The lowest BCUT2D eigenvalue weighted by atomic mass is 9.51. The van der Waals surface area contributed by atoms with Gasteiger partial charge >= 0.3 is 0 Å². The molecular formula is C33H42O3. The van der Waals surface area contributed by atoms with Crippen LogP contribution in [-0.4, -0.2) is 22.6 Å². The Morgan fingerprint density at radius 3 is 2.47 bits per heavy atom. The highest BCUT2D eigenvalue weighted by Gasteiger charge is 2.62. The van der Waals surface area contributed by atoms with Crippen molar-refractivity contribution in [2.45, 2.75) is 104 Å². The van der Waals surface area contributed by atoms with Crippen LogP contribution in [0.2, 0.25) is 0 Å². The predicted octanol–water partition coefficient (Wildman–Crippen LogP) is 7.15. The maximum Gasteiger partial charge on any atom is 0.156 e. The summed E-state index contributed by atoms with van der Waals surface area (Å²) in [4.78, 5) is 12.3. The van der Waals surface area contributed by atoms with E-state index in [1.54, 1.807) is 5.57 Å². The summed E-state index contributed by atoms with van der Waals surface area (Å²) in [6.45, 7) is 12.8. The Hall–Kier alpha value is -2.31. The predicted molar refractivity (Wildman–Crippen MR) is 145 cm³/mol. The van der Waals surface area contributed by atoms with Gasteiger partial charge in [-0.15, -0.1) is 0 Å². The third-order valence-corrected chi connectivity index (χ3v) is 9.18. The molecule has 0 heterocycles. The van der Waals surface area contributed by atoms with Gasteiger partial charge in [-0.3, -0.25) is 4.79 Å². The normalized spacial score (nSPS) is 33.8. The topological polar surface area (TPSA) is 46.5 Å². The van der Waals surface area contributed by atoms with E-state index in [4.69, 9.17) is 4.74 Å². The van der Waals surface area contributed by atoms with Crippen molar-refractivity contribution >= 4 is 5.78 Å². The van der Waals surface area contributed by atoms with Crippen molar-refractivity contribution in [3.8, 4) is 17.6 Å². The molecule has 0 saturated heterocycles. The standard InChI is InChI=1S/C33H42O3/c1-21(2)36-25-11-7-22(8-12-25)28-20-32(6)29(15-16-33(32,35)18-17-31(3,4)5)27-13-9-23-19-24(34)10-14-26(23)30(27)28/h7-8,11-12,19,21,27-29,35H,9-10,13-16,20H2,1-6H3/t27-,28+,29-,32-,33+/m0/s1. The molecule has 5 rings (SSSR count). The van der Waals surface area contributed by atoms with Crippen LogP contribution in [-0.2, 0) is 4.79 Å². The molecule has 0 unspecified atom stereocenters. The van der Waals surface area contributed by atoms with E-state index in [9.17, 15) is 9.90 Å². The second kappa shape index (κ2) is 8.91. The molecule has 5 atom stereocenters. The van der Waals surface area contributed by atoms with E-state index in [0.717, 1.165) is 44.3 Å². The summed E-state index contributed by atoms with van der Waals surface area (Å²) in [6, 6.07) is 8.62. The van der Waals surface area contributed by atoms with Crippen LogP contribution >= 0.6 is 0 Å². The van der Waals surface area contributed by atoms with Crippen LogP contribution in [0.15, 0.2) is 47.1 Å². The maximum absolute atomic E-state index is 12.3. The maximum atomic E-state index is 12.3. The molecule has 1 aromatic carbocycles. The number of hydrogen-bond donors (Lipinski definition) is 1. The first kappa shape index (κ1) is 25.3. The summed E-state index contributed by atoms with van der Waals surface area (Å²) in [5, 5.41) is 12.1. The first-order valence-corrected chi connectivity index (χ1v) is 13.9. The second-order valence-corrected chi connectivity index (χ2v) is 13.1. The molecule has 0 aromatic heterocycles. The molecule has 0 amide bonds. The number of benzene rings is 1. The van der Waals surface area contributed by atoms with Crippen molar-refractivity contribution in [2.75, 3.05) is 0 Å². The number of allylic oxidation sites excluding steroid dienone is 4. The summed E-state index contributed by atoms with van der Waals surface area (Å²) in [5.74, 6) is 9.04. The number of ketones is 1. The Morgan fingerprint density at radius 1 is 1.08 bits per heavy atom. The third-order valence-electron chi connectivity index (χ3n) is 9.18. The first-order chi connectivity index (χ1) is 16.9. The monoisotopic (exact) mass is 486 g/mol. The summed E-state index contributed by atoms with van der Waals surface area (Å²) in [7, 11) is 0. The van der Waals surface area contributed by atoms with Gasteiger partial charge in [-0.05, 0) is 120 Å². The summed E-state index contributed by atoms with van der Waals surface area (Å²) in [6.07, 6.45) is 8.21. The van der Waals surface area contributed by atoms with E-state index < -0.39 is 5.60 Å². The fourth-order valence-corrected chi connectivity index (χ4v) is 7.51. The second-order valence-electron chi connectivity index (χ2n) is 13.1. The minimum Gasteiger partial charge on any atom is -0.491 e. The largest absolute Gasteiger partial charge is 0.491 e. The highest BCUT2D eigenvalue weighted by molar-refractivity contribution is 5.93. The highest BCUT2D eigenvalue weighted by Crippen LogP contribution is 2.66. The van der Waals surface area contributed by atoms with Gasteiger partial charge in [0, 0.05) is 23.2 Å². The number of fused-ring (bicyclic) bond motifs is 4. The highest BCUT2D eigenvalue weighted by atomic mass is 16.5. The molecule has 4 aliphatic carbocycles. The fraction of sp³-hybridized carbons (Fsp3) is 0.606. The van der Waals surface area contributed by atoms with Crippen LogP contribution in [0.1, 0.15) is 98.0 Å². The average Bonchev–Trinajstić information content (AvgIpc) is 3.07. The number of ether oxygens (including phenoxy) is 1. The number of hydrogen-bond acceptors (Lipinski definition) is 3. The SMILES string of the molecule is CC(C)Oc1ccc([C@H]2C[C@@]3(C)[C@@H](CC[C@@]3(O)C#CC(C)(C)C)[C@@H]3CCC4=CC(=O)CCC4=C32)cc1. The van der Waals surface area contributed by atoms with Gasteiger partial charge in [0.15, 0.2) is 5.78 Å². The van der Waals surface area contributed by atoms with Crippen molar-refractivity contribution in [2.24, 2.45) is 22.7 Å². The van der Waals surface area contributed by atoms with Crippen LogP contribution in [0.3, 0.4) is 0 Å². The van der Waals surface area contributed by atoms with E-state index in [1.807, 2.05) is 19.9 Å². The van der Waals surface area contributed by atoms with Crippen molar-refractivity contribution in [1.29, 1.82) is 0 Å². The Balaban J connectivity index is 1.62. The van der Waals surface area contributed by atoms with Gasteiger partial charge in [0.2, 0.25) is 0 Å². The minimum absolute atomic E-state index is 0.139. The number of carbonyl (C=O) groups is 1. The molecule has 2 fully saturated rings. The summed E-state index contributed by atoms with van der Waals surface area (Å²) in [5.41, 5.74) is 4.16. The van der Waals surface area contributed by atoms with Crippen LogP contribution in [0.25, 0.3) is 0 Å². The average molecular weight is 487 g/mol. The molecule has 3 heteroatoms. The van der Waals surface area contributed by atoms with E-state index in [2.05, 4.69) is 63.8 Å². The van der Waals surface area contributed by atoms with E-state index >= 15 is 0 Å². The molecule has 0 aliphatic heterocycles. The Labute approximate surface area is 217 Å². The van der Waals surface area contributed by atoms with Crippen LogP contribution in [0, 0.1) is 34.5 Å².